The molecule has 0 heterocycles. The minimum Gasteiger partial charge on any atom is -0.437 e. The lowest BCUT2D eigenvalue weighted by molar-refractivity contribution is -0.0168. The molecule has 0 aromatic carbocycles. The van der Waals surface area contributed by atoms with Gasteiger partial charge in [-0.2, -0.15) is 0 Å². The van der Waals surface area contributed by atoms with Crippen LogP contribution >= 0.6 is 0 Å². The van der Waals surface area contributed by atoms with Crippen molar-refractivity contribution in [3.05, 3.63) is 0 Å². The number of hydrogen-bond donors (Lipinski definition) is 1. The zero-order valence-electron chi connectivity index (χ0n) is 25.0. The molecule has 15 heteroatoms. The van der Waals surface area contributed by atoms with Crippen LogP contribution < -0.4 is 0 Å². The number of aliphatic hydroxyl groups is 1. The molecule has 4 unspecified atom stereocenters. The summed E-state index contributed by atoms with van der Waals surface area (Å²) in [6.45, 7) is 26.1. The molecule has 1 N–H and O–H groups in total. The predicted molar refractivity (Wildman–Crippen MR) is 153 cm³/mol. The number of methoxy groups -OCH3 is 1. The maximum Gasteiger partial charge on any atom is 0.481 e. The van der Waals surface area contributed by atoms with Crippen LogP contribution in [0.25, 0.3) is 0 Å². The van der Waals surface area contributed by atoms with Crippen LogP contribution in [0.4, 0.5) is 0 Å². The number of hydrogen-bond acceptors (Lipinski definition) is 10. The topological polar surface area (TPSA) is 103 Å². The van der Waals surface area contributed by atoms with Crippen molar-refractivity contribution >= 4 is 42.8 Å². The lowest BCUT2D eigenvalue weighted by Crippen LogP contribution is -2.63. The second kappa shape index (κ2) is 16.1. The standard InChI is InChI=1S/C21H54O10Si5/c1-20(24-15-14-22)18-26-35(12,29-33(7,8)9)31-36(13,27-19-21(2)25-17-16-23-3)30-34(10,11)28-32(4,5)6/h20-22H,14-19H2,1-13H3. The van der Waals surface area contributed by atoms with Crippen molar-refractivity contribution in [3.8, 4) is 0 Å². The maximum absolute atomic E-state index is 9.06. The predicted octanol–water partition coefficient (Wildman–Crippen LogP) is 4.04. The Morgan fingerprint density at radius 2 is 1.03 bits per heavy atom. The summed E-state index contributed by atoms with van der Waals surface area (Å²) in [7, 11) is -11.5. The first-order valence-electron chi connectivity index (χ1n) is 12.7. The van der Waals surface area contributed by atoms with Crippen molar-refractivity contribution in [2.75, 3.05) is 46.8 Å². The van der Waals surface area contributed by atoms with Crippen LogP contribution in [0.5, 0.6) is 0 Å². The second-order valence-corrected chi connectivity index (χ2v) is 30.0. The van der Waals surface area contributed by atoms with Crippen LogP contribution in [-0.4, -0.2) is 107 Å². The van der Waals surface area contributed by atoms with Crippen molar-refractivity contribution in [1.82, 2.24) is 0 Å². The first-order valence-corrected chi connectivity index (χ1v) is 26.7. The molecule has 0 aliphatic rings. The van der Waals surface area contributed by atoms with E-state index in [-0.39, 0.29) is 38.6 Å². The third-order valence-electron chi connectivity index (χ3n) is 4.19. The van der Waals surface area contributed by atoms with E-state index >= 15 is 0 Å². The summed E-state index contributed by atoms with van der Waals surface area (Å²) in [6.07, 6.45) is -0.414. The monoisotopic (exact) mass is 606 g/mol. The highest BCUT2D eigenvalue weighted by atomic mass is 28.5. The summed E-state index contributed by atoms with van der Waals surface area (Å²) in [5.74, 6) is 0. The Hall–Kier alpha value is 0.684. The summed E-state index contributed by atoms with van der Waals surface area (Å²) in [5.41, 5.74) is 0. The van der Waals surface area contributed by atoms with E-state index in [2.05, 4.69) is 39.3 Å². The Kier molecular flexibility index (Phi) is 16.4. The molecule has 218 valence electrons. The molecule has 0 spiro atoms. The van der Waals surface area contributed by atoms with Gasteiger partial charge in [0, 0.05) is 20.2 Å². The Morgan fingerprint density at radius 1 is 0.583 bits per heavy atom. The smallest absolute Gasteiger partial charge is 0.437 e. The maximum atomic E-state index is 9.06. The van der Waals surface area contributed by atoms with E-state index in [4.69, 9.17) is 44.6 Å². The molecular formula is C21H54O10Si5. The highest BCUT2D eigenvalue weighted by Gasteiger charge is 2.53. The molecule has 0 saturated carbocycles. The molecule has 10 nitrogen and oxygen atoms in total. The van der Waals surface area contributed by atoms with Crippen LogP contribution in [0.3, 0.4) is 0 Å². The fourth-order valence-corrected chi connectivity index (χ4v) is 23.7. The Morgan fingerprint density at radius 3 is 1.44 bits per heavy atom. The largest absolute Gasteiger partial charge is 0.481 e. The van der Waals surface area contributed by atoms with E-state index in [1.54, 1.807) is 7.11 Å². The van der Waals surface area contributed by atoms with Crippen molar-refractivity contribution < 1.29 is 44.6 Å². The molecule has 4 atom stereocenters. The second-order valence-electron chi connectivity index (χ2n) is 11.5. The molecule has 0 bridgehead atoms. The van der Waals surface area contributed by atoms with Gasteiger partial charge in [-0.05, 0) is 66.2 Å². The van der Waals surface area contributed by atoms with Gasteiger partial charge in [0.1, 0.15) is 0 Å². The van der Waals surface area contributed by atoms with E-state index in [9.17, 15) is 0 Å². The lowest BCUT2D eigenvalue weighted by Gasteiger charge is -2.42. The molecule has 0 fully saturated rings. The Balaban J connectivity index is 5.83. The van der Waals surface area contributed by atoms with Gasteiger partial charge in [-0.1, -0.05) is 0 Å². The van der Waals surface area contributed by atoms with Crippen LogP contribution in [0, 0.1) is 0 Å². The van der Waals surface area contributed by atoms with Gasteiger partial charge in [0.2, 0.25) is 0 Å². The van der Waals surface area contributed by atoms with Gasteiger partial charge in [0.05, 0.1) is 51.8 Å². The van der Waals surface area contributed by atoms with E-state index < -0.39 is 42.8 Å². The third kappa shape index (κ3) is 18.9. The molecule has 0 aliphatic carbocycles. The van der Waals surface area contributed by atoms with Crippen LogP contribution in [0.1, 0.15) is 13.8 Å². The summed E-state index contributed by atoms with van der Waals surface area (Å²) in [5, 5.41) is 9.06. The molecular weight excluding hydrogens is 553 g/mol. The highest BCUT2D eigenvalue weighted by molar-refractivity contribution is 6.88. The molecule has 36 heavy (non-hydrogen) atoms. The van der Waals surface area contributed by atoms with Crippen LogP contribution in [-0.2, 0) is 39.5 Å². The summed E-state index contributed by atoms with van der Waals surface area (Å²) in [6, 6.07) is 0. The van der Waals surface area contributed by atoms with Crippen LogP contribution in [0.15, 0.2) is 0 Å². The minimum absolute atomic E-state index is 0.0466. The van der Waals surface area contributed by atoms with Gasteiger partial charge in [-0.3, -0.25) is 0 Å². The number of ether oxygens (including phenoxy) is 3. The van der Waals surface area contributed by atoms with Crippen molar-refractivity contribution in [2.45, 2.75) is 91.5 Å². The van der Waals surface area contributed by atoms with E-state index in [0.29, 0.717) is 13.2 Å². The molecule has 0 aliphatic heterocycles. The van der Waals surface area contributed by atoms with Gasteiger partial charge in [0.25, 0.3) is 0 Å². The number of rotatable bonds is 21. The SMILES string of the molecule is COCCOC(C)CO[Si](C)(O[Si](C)(C)O[Si](C)(C)C)O[Si](C)(OCC(C)OCCO)O[Si](C)(C)C. The fourth-order valence-electron chi connectivity index (χ4n) is 3.48. The van der Waals surface area contributed by atoms with E-state index in [1.165, 1.54) is 0 Å². The quantitative estimate of drug-likeness (QED) is 0.152. The molecule has 0 amide bonds. The van der Waals surface area contributed by atoms with Crippen molar-refractivity contribution in [1.29, 1.82) is 0 Å². The Labute approximate surface area is 225 Å². The lowest BCUT2D eigenvalue weighted by atomic mass is 10.4. The first-order chi connectivity index (χ1) is 16.2. The zero-order chi connectivity index (χ0) is 28.3. The average molecular weight is 607 g/mol. The third-order valence-corrected chi connectivity index (χ3v) is 20.3. The van der Waals surface area contributed by atoms with Crippen LogP contribution in [0.2, 0.25) is 65.5 Å². The zero-order valence-corrected chi connectivity index (χ0v) is 30.0. The van der Waals surface area contributed by atoms with Crippen molar-refractivity contribution in [3.63, 3.8) is 0 Å². The molecule has 0 radical (unpaired) electrons. The molecule has 0 aromatic heterocycles. The normalized spacial score (nSPS) is 18.5. The molecule has 0 saturated heterocycles. The van der Waals surface area contributed by atoms with E-state index in [0.717, 1.165) is 0 Å². The Bertz CT molecular complexity index is 605. The fraction of sp³-hybridized carbons (Fsp3) is 1.00. The summed E-state index contributed by atoms with van der Waals surface area (Å²) >= 11 is 0. The van der Waals surface area contributed by atoms with Gasteiger partial charge in [0.15, 0.2) is 16.6 Å². The first kappa shape index (κ1) is 36.7. The molecule has 0 aromatic rings. The van der Waals surface area contributed by atoms with Gasteiger partial charge in [-0.25, -0.2) is 0 Å². The summed E-state index contributed by atoms with van der Waals surface area (Å²) in [4.78, 5) is 0. The van der Waals surface area contributed by atoms with Gasteiger partial charge < -0.3 is 44.6 Å². The van der Waals surface area contributed by atoms with Crippen molar-refractivity contribution in [2.24, 2.45) is 0 Å². The molecule has 0 rings (SSSR count). The minimum atomic E-state index is -3.33. The van der Waals surface area contributed by atoms with Gasteiger partial charge >= 0.3 is 26.2 Å². The average Bonchev–Trinajstić information content (AvgIpc) is 2.65. The summed E-state index contributed by atoms with van der Waals surface area (Å²) < 4.78 is 55.4. The van der Waals surface area contributed by atoms with Gasteiger partial charge in [-0.15, -0.1) is 0 Å². The highest BCUT2D eigenvalue weighted by Crippen LogP contribution is 2.28. The van der Waals surface area contributed by atoms with E-state index in [1.807, 2.05) is 40.0 Å². The number of aliphatic hydroxyl groups excluding tert-OH is 1.